The van der Waals surface area contributed by atoms with Crippen molar-refractivity contribution in [1.82, 2.24) is 0 Å². The molecule has 2 nitrogen and oxygen atoms in total. The van der Waals surface area contributed by atoms with Crippen LogP contribution in [0.2, 0.25) is 0 Å². The molecular weight excluding hydrogens is 102 g/mol. The summed E-state index contributed by atoms with van der Waals surface area (Å²) in [6.07, 6.45) is 1.49. The zero-order chi connectivity index (χ0) is 5.54. The Bertz CT molecular complexity index is 55.5. The fraction of sp³-hybridized carbons (Fsp3) is 0.333. The molecule has 0 aromatic heterocycles. The molecule has 0 aromatic rings. The third-order valence-electron chi connectivity index (χ3n) is 0.487. The van der Waals surface area contributed by atoms with Gasteiger partial charge in [-0.2, -0.15) is 0 Å². The fourth-order valence-electron chi connectivity index (χ4n) is 0.264. The minimum absolute atomic E-state index is 0. The van der Waals surface area contributed by atoms with Crippen LogP contribution >= 0.6 is 0 Å². The summed E-state index contributed by atoms with van der Waals surface area (Å²) in [5.41, 5.74) is 0. The van der Waals surface area contributed by atoms with E-state index in [1.165, 1.54) is 6.40 Å². The summed E-state index contributed by atoms with van der Waals surface area (Å²) in [5.74, 6) is 0. The SMILES string of the molecule is C1=NCCO1.C=C.[C]. The van der Waals surface area contributed by atoms with Crippen LogP contribution in [-0.4, -0.2) is 19.6 Å². The lowest BCUT2D eigenvalue weighted by Gasteiger charge is -1.76. The first-order valence-electron chi connectivity index (χ1n) is 2.10. The average molecular weight is 111 g/mol. The third-order valence-corrected chi connectivity index (χ3v) is 0.487. The number of hydrogen-bond acceptors (Lipinski definition) is 2. The molecule has 0 spiro atoms. The maximum Gasteiger partial charge on any atom is 0.169 e. The Morgan fingerprint density at radius 1 is 1.50 bits per heavy atom. The van der Waals surface area contributed by atoms with Gasteiger partial charge in [0.2, 0.25) is 0 Å². The molecule has 0 aromatic carbocycles. The minimum Gasteiger partial charge on any atom is -0.482 e. The van der Waals surface area contributed by atoms with Gasteiger partial charge in [0, 0.05) is 7.43 Å². The lowest BCUT2D eigenvalue weighted by Crippen LogP contribution is -1.80. The Morgan fingerprint density at radius 2 is 2.12 bits per heavy atom. The van der Waals surface area contributed by atoms with Gasteiger partial charge in [0.05, 0.1) is 6.54 Å². The first-order valence-corrected chi connectivity index (χ1v) is 2.10. The smallest absolute Gasteiger partial charge is 0.169 e. The molecule has 1 aliphatic rings. The van der Waals surface area contributed by atoms with Crippen LogP contribution in [0.15, 0.2) is 18.2 Å². The summed E-state index contributed by atoms with van der Waals surface area (Å²) in [6.45, 7) is 7.62. The van der Waals surface area contributed by atoms with Crippen LogP contribution in [0, 0.1) is 7.43 Å². The predicted octanol–water partition coefficient (Wildman–Crippen LogP) is 0.928. The molecule has 0 saturated heterocycles. The summed E-state index contributed by atoms with van der Waals surface area (Å²) in [4.78, 5) is 3.74. The topological polar surface area (TPSA) is 21.6 Å². The van der Waals surface area contributed by atoms with E-state index in [0.717, 1.165) is 13.2 Å². The van der Waals surface area contributed by atoms with Crippen molar-refractivity contribution in [2.75, 3.05) is 13.2 Å². The van der Waals surface area contributed by atoms with Crippen molar-refractivity contribution in [3.63, 3.8) is 0 Å². The number of rotatable bonds is 0. The summed E-state index contributed by atoms with van der Waals surface area (Å²) < 4.78 is 4.65. The number of nitrogens with zero attached hydrogens (tertiary/aromatic N) is 1. The normalized spacial score (nSPS) is 12.5. The fourth-order valence-corrected chi connectivity index (χ4v) is 0.264. The van der Waals surface area contributed by atoms with Gasteiger partial charge >= 0.3 is 0 Å². The molecule has 4 radical (unpaired) electrons. The van der Waals surface area contributed by atoms with Crippen LogP contribution in [0.4, 0.5) is 0 Å². The van der Waals surface area contributed by atoms with Gasteiger partial charge < -0.3 is 4.74 Å². The maximum atomic E-state index is 4.65. The number of hydrogen-bond donors (Lipinski definition) is 0. The molecule has 0 bridgehead atoms. The van der Waals surface area contributed by atoms with Crippen molar-refractivity contribution in [3.8, 4) is 0 Å². The lowest BCUT2D eigenvalue weighted by molar-refractivity contribution is 0.361. The van der Waals surface area contributed by atoms with E-state index >= 15 is 0 Å². The third kappa shape index (κ3) is 5.21. The quantitative estimate of drug-likeness (QED) is 0.426. The van der Waals surface area contributed by atoms with Crippen LogP contribution in [0.1, 0.15) is 0 Å². The summed E-state index contributed by atoms with van der Waals surface area (Å²) in [6, 6.07) is 0. The Labute approximate surface area is 50.9 Å². The molecule has 0 aliphatic carbocycles. The largest absolute Gasteiger partial charge is 0.482 e. The molecule has 1 heterocycles. The molecule has 0 saturated carbocycles. The van der Waals surface area contributed by atoms with E-state index < -0.39 is 0 Å². The predicted molar refractivity (Wildman–Crippen MR) is 33.8 cm³/mol. The van der Waals surface area contributed by atoms with Crippen molar-refractivity contribution >= 4 is 6.40 Å². The second kappa shape index (κ2) is 9.51. The number of ether oxygens (including phenoxy) is 1. The molecule has 1 aliphatic heterocycles. The standard InChI is InChI=1S/C3H5NO.C2H4.C/c1-2-5-3-4-1;1-2;/h3H,1-2H2;1-2H2;. The highest BCUT2D eigenvalue weighted by Gasteiger charge is 1.84. The molecule has 0 amide bonds. The van der Waals surface area contributed by atoms with Gasteiger partial charge in [0.15, 0.2) is 6.40 Å². The van der Waals surface area contributed by atoms with Crippen LogP contribution in [0.25, 0.3) is 0 Å². The van der Waals surface area contributed by atoms with Gasteiger partial charge in [0.1, 0.15) is 6.61 Å². The Hall–Kier alpha value is -0.790. The van der Waals surface area contributed by atoms with Crippen LogP contribution in [-0.2, 0) is 4.74 Å². The molecule has 0 fully saturated rings. The van der Waals surface area contributed by atoms with E-state index in [4.69, 9.17) is 0 Å². The second-order valence-corrected chi connectivity index (χ2v) is 0.882. The molecule has 44 valence electrons. The second-order valence-electron chi connectivity index (χ2n) is 0.882. The van der Waals surface area contributed by atoms with Crippen molar-refractivity contribution in [2.45, 2.75) is 0 Å². The Balaban J connectivity index is 0. The molecule has 0 N–H and O–H groups in total. The number of aliphatic imine (C=N–C) groups is 1. The van der Waals surface area contributed by atoms with Crippen molar-refractivity contribution < 1.29 is 4.74 Å². The van der Waals surface area contributed by atoms with E-state index in [9.17, 15) is 0 Å². The van der Waals surface area contributed by atoms with Crippen molar-refractivity contribution in [3.05, 3.63) is 20.6 Å². The maximum absolute atomic E-state index is 4.65. The molecule has 0 unspecified atom stereocenters. The summed E-state index contributed by atoms with van der Waals surface area (Å²) in [7, 11) is 0. The van der Waals surface area contributed by atoms with Crippen LogP contribution in [0.5, 0.6) is 0 Å². The molecule has 2 heteroatoms. The van der Waals surface area contributed by atoms with Gasteiger partial charge in [-0.1, -0.05) is 0 Å². The highest BCUT2D eigenvalue weighted by Crippen LogP contribution is 1.78. The van der Waals surface area contributed by atoms with Crippen LogP contribution < -0.4 is 0 Å². The highest BCUT2D eigenvalue weighted by atomic mass is 16.5. The highest BCUT2D eigenvalue weighted by molar-refractivity contribution is 5.47. The summed E-state index contributed by atoms with van der Waals surface area (Å²) >= 11 is 0. The van der Waals surface area contributed by atoms with E-state index in [1.807, 2.05) is 0 Å². The monoisotopic (exact) mass is 111 g/mol. The van der Waals surface area contributed by atoms with E-state index in [0.29, 0.717) is 0 Å². The van der Waals surface area contributed by atoms with Crippen molar-refractivity contribution in [1.29, 1.82) is 0 Å². The van der Waals surface area contributed by atoms with E-state index in [1.54, 1.807) is 0 Å². The first kappa shape index (κ1) is 10.2. The van der Waals surface area contributed by atoms with Crippen molar-refractivity contribution in [2.24, 2.45) is 4.99 Å². The zero-order valence-electron chi connectivity index (χ0n) is 4.76. The molecule has 8 heavy (non-hydrogen) atoms. The Morgan fingerprint density at radius 3 is 2.25 bits per heavy atom. The average Bonchev–Trinajstić information content (AvgIpc) is 2.23. The van der Waals surface area contributed by atoms with Crippen LogP contribution in [0.3, 0.4) is 0 Å². The van der Waals surface area contributed by atoms with Gasteiger partial charge in [-0.3, -0.25) is 4.99 Å². The summed E-state index contributed by atoms with van der Waals surface area (Å²) in [5, 5.41) is 0. The van der Waals surface area contributed by atoms with Gasteiger partial charge in [-0.05, 0) is 0 Å². The zero-order valence-corrected chi connectivity index (χ0v) is 4.76. The molecule has 1 rings (SSSR count). The lowest BCUT2D eigenvalue weighted by atomic mass is 10.8. The van der Waals surface area contributed by atoms with Gasteiger partial charge in [0.25, 0.3) is 0 Å². The minimum atomic E-state index is 0. The first-order chi connectivity index (χ1) is 3.50. The molecule has 0 atom stereocenters. The van der Waals surface area contributed by atoms with Gasteiger partial charge in [-0.25, -0.2) is 0 Å². The van der Waals surface area contributed by atoms with E-state index in [2.05, 4.69) is 22.9 Å². The van der Waals surface area contributed by atoms with Gasteiger partial charge in [-0.15, -0.1) is 13.2 Å². The Kier molecular flexibility index (Phi) is 12.2. The van der Waals surface area contributed by atoms with E-state index in [-0.39, 0.29) is 7.43 Å². The molecular formula is C6H9NO.